The SMILES string of the molecule is CCSC1CCCC1Nc1ncc([N+](=O)[O-])s1. The summed E-state index contributed by atoms with van der Waals surface area (Å²) in [4.78, 5) is 14.2. The van der Waals surface area contributed by atoms with Gasteiger partial charge in [-0.15, -0.1) is 0 Å². The van der Waals surface area contributed by atoms with Crippen LogP contribution in [0.25, 0.3) is 0 Å². The van der Waals surface area contributed by atoms with Crippen LogP contribution >= 0.6 is 23.1 Å². The molecule has 1 N–H and O–H groups in total. The van der Waals surface area contributed by atoms with E-state index in [9.17, 15) is 10.1 Å². The van der Waals surface area contributed by atoms with Gasteiger partial charge in [-0.05, 0) is 29.9 Å². The minimum atomic E-state index is -0.393. The molecule has 0 aromatic carbocycles. The lowest BCUT2D eigenvalue weighted by atomic mass is 10.2. The highest BCUT2D eigenvalue weighted by Gasteiger charge is 2.28. The molecule has 1 fully saturated rings. The van der Waals surface area contributed by atoms with Crippen LogP contribution in [0.1, 0.15) is 26.2 Å². The predicted molar refractivity (Wildman–Crippen MR) is 72.0 cm³/mol. The predicted octanol–water partition coefficient (Wildman–Crippen LogP) is 3.14. The van der Waals surface area contributed by atoms with Crippen LogP contribution in [0.5, 0.6) is 0 Å². The van der Waals surface area contributed by atoms with Gasteiger partial charge >= 0.3 is 5.00 Å². The number of rotatable bonds is 5. The lowest BCUT2D eigenvalue weighted by Crippen LogP contribution is -2.25. The van der Waals surface area contributed by atoms with E-state index in [0.717, 1.165) is 23.5 Å². The smallest absolute Gasteiger partial charge is 0.345 e. The lowest BCUT2D eigenvalue weighted by Gasteiger charge is -2.19. The van der Waals surface area contributed by atoms with Gasteiger partial charge in [-0.3, -0.25) is 10.1 Å². The number of nitrogens with zero attached hydrogens (tertiary/aromatic N) is 2. The molecular formula is C10H15N3O2S2. The zero-order valence-corrected chi connectivity index (χ0v) is 11.2. The lowest BCUT2D eigenvalue weighted by molar-refractivity contribution is -0.380. The van der Waals surface area contributed by atoms with Crippen molar-refractivity contribution in [3.05, 3.63) is 16.3 Å². The second-order valence-corrected chi connectivity index (χ2v) is 6.46. The molecule has 0 bridgehead atoms. The third-order valence-electron chi connectivity index (χ3n) is 2.82. The highest BCUT2D eigenvalue weighted by atomic mass is 32.2. The van der Waals surface area contributed by atoms with E-state index in [-0.39, 0.29) is 5.00 Å². The van der Waals surface area contributed by atoms with Crippen LogP contribution in [0.15, 0.2) is 6.20 Å². The maximum atomic E-state index is 10.6. The molecule has 94 valence electrons. The first-order valence-corrected chi connectivity index (χ1v) is 7.55. The molecule has 1 aliphatic rings. The Labute approximate surface area is 108 Å². The summed E-state index contributed by atoms with van der Waals surface area (Å²) >= 11 is 3.08. The zero-order valence-electron chi connectivity index (χ0n) is 9.59. The molecule has 0 spiro atoms. The molecular weight excluding hydrogens is 258 g/mol. The van der Waals surface area contributed by atoms with Crippen LogP contribution in [0.3, 0.4) is 0 Å². The quantitative estimate of drug-likeness (QED) is 0.659. The molecule has 7 heteroatoms. The average molecular weight is 273 g/mol. The summed E-state index contributed by atoms with van der Waals surface area (Å²) in [5, 5.41) is 15.3. The van der Waals surface area contributed by atoms with E-state index in [1.165, 1.54) is 19.0 Å². The summed E-state index contributed by atoms with van der Waals surface area (Å²) < 4.78 is 0. The maximum Gasteiger partial charge on any atom is 0.345 e. The van der Waals surface area contributed by atoms with E-state index in [1.807, 2.05) is 11.8 Å². The second kappa shape index (κ2) is 5.68. The van der Waals surface area contributed by atoms with Crippen molar-refractivity contribution in [1.82, 2.24) is 4.98 Å². The minimum absolute atomic E-state index is 0.102. The van der Waals surface area contributed by atoms with Crippen LogP contribution in [0.2, 0.25) is 0 Å². The summed E-state index contributed by atoms with van der Waals surface area (Å²) in [5.74, 6) is 1.11. The standard InChI is InChI=1S/C10H15N3O2S2/c1-2-16-8-5-3-4-7(8)12-10-11-6-9(17-10)13(14)15/h6-8H,2-5H2,1H3,(H,11,12). The molecule has 1 saturated carbocycles. The van der Waals surface area contributed by atoms with E-state index >= 15 is 0 Å². The fourth-order valence-electron chi connectivity index (χ4n) is 2.08. The van der Waals surface area contributed by atoms with Crippen molar-refractivity contribution in [2.45, 2.75) is 37.5 Å². The number of aromatic nitrogens is 1. The topological polar surface area (TPSA) is 68.1 Å². The summed E-state index contributed by atoms with van der Waals surface area (Å²) in [5.41, 5.74) is 0. The van der Waals surface area contributed by atoms with Crippen LogP contribution < -0.4 is 5.32 Å². The molecule has 1 aromatic heterocycles. The number of thioether (sulfide) groups is 1. The number of nitrogens with one attached hydrogen (secondary N) is 1. The Bertz CT molecular complexity index is 397. The van der Waals surface area contributed by atoms with Crippen molar-refractivity contribution < 1.29 is 4.92 Å². The Balaban J connectivity index is 1.97. The fraction of sp³-hybridized carbons (Fsp3) is 0.700. The number of nitro groups is 1. The molecule has 0 amide bonds. The van der Waals surface area contributed by atoms with Gasteiger partial charge in [0.1, 0.15) is 6.20 Å². The molecule has 5 nitrogen and oxygen atoms in total. The normalized spacial score (nSPS) is 23.8. The van der Waals surface area contributed by atoms with Crippen molar-refractivity contribution in [2.75, 3.05) is 11.1 Å². The summed E-state index contributed by atoms with van der Waals surface area (Å²) in [6.07, 6.45) is 4.90. The van der Waals surface area contributed by atoms with Crippen molar-refractivity contribution in [3.63, 3.8) is 0 Å². The first-order chi connectivity index (χ1) is 8.20. The Morgan fingerprint density at radius 2 is 2.53 bits per heavy atom. The number of hydrogen-bond acceptors (Lipinski definition) is 6. The van der Waals surface area contributed by atoms with Crippen LogP contribution in [0.4, 0.5) is 10.1 Å². The van der Waals surface area contributed by atoms with Gasteiger partial charge in [0, 0.05) is 11.3 Å². The van der Waals surface area contributed by atoms with Crippen LogP contribution in [-0.4, -0.2) is 27.0 Å². The Morgan fingerprint density at radius 1 is 1.71 bits per heavy atom. The molecule has 2 unspecified atom stereocenters. The van der Waals surface area contributed by atoms with Gasteiger partial charge in [0.2, 0.25) is 0 Å². The van der Waals surface area contributed by atoms with E-state index in [2.05, 4.69) is 17.2 Å². The Morgan fingerprint density at radius 3 is 3.18 bits per heavy atom. The molecule has 17 heavy (non-hydrogen) atoms. The fourth-order valence-corrected chi connectivity index (χ4v) is 3.97. The van der Waals surface area contributed by atoms with Crippen molar-refractivity contribution in [3.8, 4) is 0 Å². The summed E-state index contributed by atoms with van der Waals surface area (Å²) in [6.45, 7) is 2.16. The Kier molecular flexibility index (Phi) is 4.22. The molecule has 1 aromatic rings. The number of anilines is 1. The first kappa shape index (κ1) is 12.6. The maximum absolute atomic E-state index is 10.6. The van der Waals surface area contributed by atoms with E-state index in [1.54, 1.807) is 0 Å². The number of thiazole rings is 1. The van der Waals surface area contributed by atoms with Gasteiger partial charge in [0.15, 0.2) is 5.13 Å². The highest BCUT2D eigenvalue weighted by molar-refractivity contribution is 7.99. The zero-order chi connectivity index (χ0) is 12.3. The molecule has 1 aliphatic carbocycles. The molecule has 2 atom stereocenters. The monoisotopic (exact) mass is 273 g/mol. The largest absolute Gasteiger partial charge is 0.357 e. The van der Waals surface area contributed by atoms with E-state index in [0.29, 0.717) is 16.4 Å². The van der Waals surface area contributed by atoms with Crippen molar-refractivity contribution in [1.29, 1.82) is 0 Å². The third kappa shape index (κ3) is 3.10. The van der Waals surface area contributed by atoms with Gasteiger partial charge in [-0.1, -0.05) is 13.3 Å². The molecule has 0 saturated heterocycles. The van der Waals surface area contributed by atoms with E-state index < -0.39 is 4.92 Å². The summed E-state index contributed by atoms with van der Waals surface area (Å²) in [6, 6.07) is 0.408. The highest BCUT2D eigenvalue weighted by Crippen LogP contribution is 2.34. The van der Waals surface area contributed by atoms with Gasteiger partial charge < -0.3 is 5.32 Å². The molecule has 1 heterocycles. The van der Waals surface area contributed by atoms with Gasteiger partial charge in [-0.2, -0.15) is 11.8 Å². The summed E-state index contributed by atoms with van der Waals surface area (Å²) in [7, 11) is 0. The molecule has 0 radical (unpaired) electrons. The van der Waals surface area contributed by atoms with Crippen LogP contribution in [-0.2, 0) is 0 Å². The first-order valence-electron chi connectivity index (χ1n) is 5.69. The van der Waals surface area contributed by atoms with Gasteiger partial charge in [-0.25, -0.2) is 4.98 Å². The number of hydrogen-bond donors (Lipinski definition) is 1. The molecule has 0 aliphatic heterocycles. The van der Waals surface area contributed by atoms with Gasteiger partial charge in [0.05, 0.1) is 4.92 Å². The second-order valence-electron chi connectivity index (χ2n) is 3.94. The van der Waals surface area contributed by atoms with Crippen LogP contribution in [0, 0.1) is 10.1 Å². The third-order valence-corrected chi connectivity index (χ3v) is 5.02. The average Bonchev–Trinajstić information content (AvgIpc) is 2.90. The minimum Gasteiger partial charge on any atom is -0.357 e. The van der Waals surface area contributed by atoms with Crippen molar-refractivity contribution >= 4 is 33.2 Å². The Hall–Kier alpha value is -0.820. The van der Waals surface area contributed by atoms with Gasteiger partial charge in [0.25, 0.3) is 0 Å². The van der Waals surface area contributed by atoms with Crippen molar-refractivity contribution in [2.24, 2.45) is 0 Å². The van der Waals surface area contributed by atoms with E-state index in [4.69, 9.17) is 0 Å². The molecule has 2 rings (SSSR count).